The van der Waals surface area contributed by atoms with Crippen LogP contribution in [0.4, 0.5) is 11.4 Å². The van der Waals surface area contributed by atoms with Gasteiger partial charge in [-0.1, -0.05) is 48.6 Å². The van der Waals surface area contributed by atoms with Gasteiger partial charge in [-0.05, 0) is 106 Å². The highest BCUT2D eigenvalue weighted by molar-refractivity contribution is 6.05. The lowest BCUT2D eigenvalue weighted by molar-refractivity contribution is -0.117. The minimum absolute atomic E-state index is 0.0249. The number of ether oxygens (including phenoxy) is 2. The second kappa shape index (κ2) is 10.0. The van der Waals surface area contributed by atoms with E-state index in [-0.39, 0.29) is 11.8 Å². The monoisotopic (exact) mass is 566 g/mol. The quantitative estimate of drug-likeness (QED) is 0.247. The highest BCUT2D eigenvalue weighted by Gasteiger charge is 2.56. The van der Waals surface area contributed by atoms with Crippen LogP contribution >= 0.6 is 0 Å². The number of hydrogen-bond donors (Lipinski definition) is 0. The van der Waals surface area contributed by atoms with Crippen molar-refractivity contribution in [2.24, 2.45) is 0 Å². The molecule has 4 aliphatic rings. The van der Waals surface area contributed by atoms with E-state index in [2.05, 4.69) is 60.7 Å². The van der Waals surface area contributed by atoms with Gasteiger partial charge in [-0.2, -0.15) is 0 Å². The molecule has 4 aromatic carbocycles. The first-order chi connectivity index (χ1) is 21.1. The van der Waals surface area contributed by atoms with Gasteiger partial charge in [0, 0.05) is 24.2 Å². The maximum Gasteiger partial charge on any atom is 0.229 e. The van der Waals surface area contributed by atoms with Crippen LogP contribution in [0.2, 0.25) is 0 Å². The summed E-state index contributed by atoms with van der Waals surface area (Å²) in [5, 5.41) is 2.50. The maximum atomic E-state index is 13.3. The number of fused-ring (bicyclic) bond motifs is 2. The van der Waals surface area contributed by atoms with Gasteiger partial charge in [0.25, 0.3) is 0 Å². The predicted octanol–water partition coefficient (Wildman–Crippen LogP) is 5.55. The van der Waals surface area contributed by atoms with Crippen molar-refractivity contribution >= 4 is 47.5 Å². The minimum Gasteiger partial charge on any atom is -0.489 e. The molecule has 2 saturated heterocycles. The summed E-state index contributed by atoms with van der Waals surface area (Å²) in [6, 6.07) is 28.0. The summed E-state index contributed by atoms with van der Waals surface area (Å²) in [5.74, 6) is 1.52. The van der Waals surface area contributed by atoms with Gasteiger partial charge in [0.15, 0.2) is 0 Å². The molecule has 2 aliphatic carbocycles. The second-order valence-electron chi connectivity index (χ2n) is 11.6. The molecule has 0 radical (unpaired) electrons. The molecule has 0 aromatic heterocycles. The van der Waals surface area contributed by atoms with E-state index in [9.17, 15) is 9.59 Å². The Kier molecular flexibility index (Phi) is 5.96. The van der Waals surface area contributed by atoms with Crippen molar-refractivity contribution in [2.45, 2.75) is 44.6 Å². The van der Waals surface area contributed by atoms with Crippen LogP contribution in [0.1, 0.15) is 47.9 Å². The lowest BCUT2D eigenvalue weighted by Gasteiger charge is -2.42. The summed E-state index contributed by atoms with van der Waals surface area (Å²) >= 11 is 0. The Balaban J connectivity index is 0.988. The van der Waals surface area contributed by atoms with Crippen LogP contribution in [0.15, 0.2) is 84.9 Å². The van der Waals surface area contributed by atoms with E-state index in [0.29, 0.717) is 38.9 Å². The van der Waals surface area contributed by atoms with Crippen molar-refractivity contribution in [2.75, 3.05) is 9.80 Å². The Bertz CT molecular complexity index is 1920. The average Bonchev–Trinajstić information content (AvgIpc) is 3.51. The van der Waals surface area contributed by atoms with Crippen molar-refractivity contribution in [1.82, 2.24) is 0 Å². The summed E-state index contributed by atoms with van der Waals surface area (Å²) < 4.78 is 12.1. The molecule has 0 saturated carbocycles. The van der Waals surface area contributed by atoms with E-state index in [1.54, 1.807) is 0 Å². The molecular formula is C37H30N2O4. The van der Waals surface area contributed by atoms with Crippen LogP contribution < -0.4 is 29.7 Å². The van der Waals surface area contributed by atoms with Gasteiger partial charge in [-0.15, -0.1) is 0 Å². The van der Waals surface area contributed by atoms with Crippen molar-refractivity contribution in [1.29, 1.82) is 0 Å². The summed E-state index contributed by atoms with van der Waals surface area (Å²) in [5.41, 5.74) is 5.55. The smallest absolute Gasteiger partial charge is 0.229 e. The van der Waals surface area contributed by atoms with Crippen LogP contribution in [0, 0.1) is 0 Å². The van der Waals surface area contributed by atoms with E-state index in [0.717, 1.165) is 34.0 Å². The number of nitrogens with zero attached hydrogens (tertiary/aromatic N) is 2. The molecule has 2 amide bonds. The molecule has 1 atom stereocenters. The zero-order valence-corrected chi connectivity index (χ0v) is 23.7. The summed E-state index contributed by atoms with van der Waals surface area (Å²) in [7, 11) is 0. The van der Waals surface area contributed by atoms with Gasteiger partial charge in [0.1, 0.15) is 30.4 Å². The standard InChI is InChI=1S/C37H30N2O4/c40-35-17-19-37(38(35)31-9-13-33(14-10-31)42-23-25-1-3-27-5-7-29(27)21-25)20-18-36(41)39(37)32-11-15-34(16-12-32)43-24-26-2-4-28-6-8-30(28)22-26/h1-16,21-22H,17-20,23-24H2. The Morgan fingerprint density at radius 3 is 1.60 bits per heavy atom. The first-order valence-corrected chi connectivity index (χ1v) is 14.8. The van der Waals surface area contributed by atoms with Crippen LogP contribution in [0.5, 0.6) is 11.5 Å². The maximum absolute atomic E-state index is 13.3. The van der Waals surface area contributed by atoms with Gasteiger partial charge in [-0.25, -0.2) is 0 Å². The molecule has 6 nitrogen and oxygen atoms in total. The van der Waals surface area contributed by atoms with Crippen molar-refractivity contribution in [3.8, 4) is 11.5 Å². The molecule has 0 bridgehead atoms. The Hall–Kier alpha value is -5.10. The molecule has 2 aliphatic heterocycles. The summed E-state index contributed by atoms with van der Waals surface area (Å²) in [6.45, 7) is 0.944. The lowest BCUT2D eigenvalue weighted by Crippen LogP contribution is -2.56. The number of rotatable bonds is 8. The van der Waals surface area contributed by atoms with E-state index in [4.69, 9.17) is 9.47 Å². The zero-order valence-electron chi connectivity index (χ0n) is 23.7. The van der Waals surface area contributed by atoms with Crippen LogP contribution in [-0.2, 0) is 22.8 Å². The predicted molar refractivity (Wildman–Crippen MR) is 168 cm³/mol. The Morgan fingerprint density at radius 1 is 0.581 bits per heavy atom. The molecule has 8 rings (SSSR count). The number of hydrogen-bond acceptors (Lipinski definition) is 4. The SMILES string of the molecule is O=C1CCC2(CCC(=O)N2c2ccc(OCc3ccc4c(c3)=CC=4)cc2)N1c1ccc(OCc2ccc3c(c2)C=C3)cc1. The van der Waals surface area contributed by atoms with Crippen molar-refractivity contribution in [3.63, 3.8) is 0 Å². The van der Waals surface area contributed by atoms with Crippen LogP contribution in [0.3, 0.4) is 0 Å². The normalized spacial score (nSPS) is 19.3. The molecule has 212 valence electrons. The second-order valence-corrected chi connectivity index (χ2v) is 11.6. The van der Waals surface area contributed by atoms with Crippen molar-refractivity contribution < 1.29 is 19.1 Å². The third-order valence-corrected chi connectivity index (χ3v) is 9.00. The topological polar surface area (TPSA) is 59.1 Å². The highest BCUT2D eigenvalue weighted by Crippen LogP contribution is 2.47. The van der Waals surface area contributed by atoms with E-state index in [1.807, 2.05) is 58.3 Å². The molecule has 2 fully saturated rings. The molecule has 43 heavy (non-hydrogen) atoms. The fraction of sp³-hybridized carbons (Fsp3) is 0.189. The van der Waals surface area contributed by atoms with Crippen molar-refractivity contribution in [3.05, 3.63) is 118 Å². The van der Waals surface area contributed by atoms with E-state index < -0.39 is 5.66 Å². The Morgan fingerprint density at radius 2 is 1.12 bits per heavy atom. The average molecular weight is 567 g/mol. The third kappa shape index (κ3) is 4.41. The third-order valence-electron chi connectivity index (χ3n) is 9.00. The summed E-state index contributed by atoms with van der Waals surface area (Å²) in [6.07, 6.45) is 10.4. The first kappa shape index (κ1) is 25.6. The molecule has 0 N–H and O–H groups in total. The Labute approximate surface area is 249 Å². The van der Waals surface area contributed by atoms with E-state index in [1.165, 1.54) is 21.6 Å². The van der Waals surface area contributed by atoms with Gasteiger partial charge in [0.05, 0.1) is 0 Å². The van der Waals surface area contributed by atoms with Gasteiger partial charge < -0.3 is 9.47 Å². The molecule has 1 unspecified atom stereocenters. The highest BCUT2D eigenvalue weighted by atomic mass is 16.5. The number of amides is 2. The molecule has 6 heteroatoms. The largest absolute Gasteiger partial charge is 0.489 e. The first-order valence-electron chi connectivity index (χ1n) is 14.8. The summed E-state index contributed by atoms with van der Waals surface area (Å²) in [4.78, 5) is 30.3. The lowest BCUT2D eigenvalue weighted by atomic mass is 9.96. The molecular weight excluding hydrogens is 536 g/mol. The molecule has 2 heterocycles. The number of carbonyl (C=O) groups excluding carboxylic acids is 2. The number of carbonyl (C=O) groups is 2. The fourth-order valence-corrected chi connectivity index (χ4v) is 6.65. The van der Waals surface area contributed by atoms with Gasteiger partial charge in [-0.3, -0.25) is 19.4 Å². The number of benzene rings is 4. The fourth-order valence-electron chi connectivity index (χ4n) is 6.65. The molecule has 1 spiro atoms. The number of anilines is 2. The van der Waals surface area contributed by atoms with Gasteiger partial charge in [0.2, 0.25) is 11.8 Å². The zero-order chi connectivity index (χ0) is 29.0. The van der Waals surface area contributed by atoms with Crippen LogP contribution in [0.25, 0.3) is 24.3 Å². The molecule has 4 aromatic rings. The minimum atomic E-state index is -0.724. The van der Waals surface area contributed by atoms with Crippen LogP contribution in [-0.4, -0.2) is 17.5 Å². The van der Waals surface area contributed by atoms with E-state index >= 15 is 0 Å². The van der Waals surface area contributed by atoms with Gasteiger partial charge >= 0.3 is 0 Å².